The van der Waals surface area contributed by atoms with Gasteiger partial charge in [0.05, 0.1) is 6.61 Å². The van der Waals surface area contributed by atoms with Crippen molar-refractivity contribution in [2.24, 2.45) is 5.41 Å². The molecule has 0 bridgehead atoms. The molecule has 0 saturated carbocycles. The van der Waals surface area contributed by atoms with E-state index >= 15 is 0 Å². The van der Waals surface area contributed by atoms with Crippen LogP contribution in [-0.2, 0) is 11.2 Å². The molecular weight excluding hydrogens is 248 g/mol. The fourth-order valence-corrected chi connectivity index (χ4v) is 2.72. The van der Waals surface area contributed by atoms with E-state index in [1.165, 1.54) is 12.1 Å². The number of nitrogens with one attached hydrogen (secondary N) is 1. The van der Waals surface area contributed by atoms with Gasteiger partial charge in [0.25, 0.3) is 0 Å². The first-order valence-electron chi connectivity index (χ1n) is 6.88. The highest BCUT2D eigenvalue weighted by Gasteiger charge is 2.32. The monoisotopic (exact) mass is 269 g/mol. The van der Waals surface area contributed by atoms with Crippen LogP contribution in [0.2, 0.25) is 0 Å². The summed E-state index contributed by atoms with van der Waals surface area (Å²) < 4.78 is 31.9. The molecule has 19 heavy (non-hydrogen) atoms. The highest BCUT2D eigenvalue weighted by molar-refractivity contribution is 5.19. The van der Waals surface area contributed by atoms with Crippen LogP contribution in [0.25, 0.3) is 0 Å². The van der Waals surface area contributed by atoms with Gasteiger partial charge in [-0.05, 0) is 43.5 Å². The van der Waals surface area contributed by atoms with E-state index in [-0.39, 0.29) is 5.41 Å². The van der Waals surface area contributed by atoms with Crippen LogP contribution in [0.4, 0.5) is 8.78 Å². The highest BCUT2D eigenvalue weighted by Crippen LogP contribution is 2.32. The molecule has 1 aromatic carbocycles. The van der Waals surface area contributed by atoms with Crippen molar-refractivity contribution < 1.29 is 13.5 Å². The van der Waals surface area contributed by atoms with Crippen molar-refractivity contribution in [3.63, 3.8) is 0 Å². The van der Waals surface area contributed by atoms with Crippen molar-refractivity contribution in [3.8, 4) is 0 Å². The number of hydrogen-bond donors (Lipinski definition) is 1. The summed E-state index contributed by atoms with van der Waals surface area (Å²) in [6.07, 6.45) is 2.80. The lowest BCUT2D eigenvalue weighted by atomic mass is 9.77. The summed E-state index contributed by atoms with van der Waals surface area (Å²) in [4.78, 5) is 0. The molecule has 1 unspecified atom stereocenters. The number of hydrogen-bond acceptors (Lipinski definition) is 2. The second-order valence-electron chi connectivity index (χ2n) is 5.36. The second kappa shape index (κ2) is 6.44. The van der Waals surface area contributed by atoms with Gasteiger partial charge in [-0.1, -0.05) is 13.0 Å². The van der Waals surface area contributed by atoms with Gasteiger partial charge in [-0.3, -0.25) is 0 Å². The molecule has 2 nitrogen and oxygen atoms in total. The van der Waals surface area contributed by atoms with Crippen LogP contribution in [0.15, 0.2) is 18.2 Å². The van der Waals surface area contributed by atoms with Gasteiger partial charge in [0.15, 0.2) is 11.6 Å². The van der Waals surface area contributed by atoms with Crippen LogP contribution in [0, 0.1) is 17.0 Å². The molecule has 4 heteroatoms. The molecule has 1 atom stereocenters. The summed E-state index contributed by atoms with van der Waals surface area (Å²) in [5, 5.41) is 3.36. The molecular formula is C15H21F2NO. The second-order valence-corrected chi connectivity index (χ2v) is 5.36. The Bertz CT molecular complexity index is 417. The smallest absolute Gasteiger partial charge is 0.159 e. The van der Waals surface area contributed by atoms with Crippen LogP contribution < -0.4 is 5.32 Å². The molecule has 0 spiro atoms. The topological polar surface area (TPSA) is 21.3 Å². The quantitative estimate of drug-likeness (QED) is 0.887. The minimum atomic E-state index is -0.788. The zero-order chi connectivity index (χ0) is 13.7. The summed E-state index contributed by atoms with van der Waals surface area (Å²) in [6, 6.07) is 4.17. The maximum Gasteiger partial charge on any atom is 0.159 e. The summed E-state index contributed by atoms with van der Waals surface area (Å²) >= 11 is 0. The van der Waals surface area contributed by atoms with E-state index in [1.807, 2.05) is 0 Å². The molecule has 0 aromatic heterocycles. The fourth-order valence-electron chi connectivity index (χ4n) is 2.72. The van der Waals surface area contributed by atoms with Gasteiger partial charge in [0.2, 0.25) is 0 Å². The average Bonchev–Trinajstić information content (AvgIpc) is 2.42. The van der Waals surface area contributed by atoms with Crippen LogP contribution in [0.1, 0.15) is 25.3 Å². The maximum absolute atomic E-state index is 13.3. The zero-order valence-electron chi connectivity index (χ0n) is 11.3. The Balaban J connectivity index is 2.12. The Morgan fingerprint density at radius 1 is 1.32 bits per heavy atom. The first-order valence-corrected chi connectivity index (χ1v) is 6.88. The molecule has 1 aromatic rings. The van der Waals surface area contributed by atoms with Crippen LogP contribution in [-0.4, -0.2) is 26.3 Å². The average molecular weight is 269 g/mol. The van der Waals surface area contributed by atoms with Crippen molar-refractivity contribution in [2.75, 3.05) is 26.3 Å². The number of rotatable bonds is 5. The van der Waals surface area contributed by atoms with E-state index < -0.39 is 11.6 Å². The first kappa shape index (κ1) is 14.4. The van der Waals surface area contributed by atoms with Gasteiger partial charge in [-0.25, -0.2) is 8.78 Å². The normalized spacial score (nSPS) is 23.5. The van der Waals surface area contributed by atoms with Crippen LogP contribution >= 0.6 is 0 Å². The molecule has 2 rings (SSSR count). The van der Waals surface area contributed by atoms with Crippen molar-refractivity contribution >= 4 is 0 Å². The first-order chi connectivity index (χ1) is 9.15. The molecule has 1 heterocycles. The summed E-state index contributed by atoms with van der Waals surface area (Å²) in [5.41, 5.74) is 0.834. The van der Waals surface area contributed by atoms with Crippen molar-refractivity contribution in [1.29, 1.82) is 0 Å². The van der Waals surface area contributed by atoms with Gasteiger partial charge < -0.3 is 10.1 Å². The Kier molecular flexibility index (Phi) is 4.88. The third-order valence-electron chi connectivity index (χ3n) is 3.72. The highest BCUT2D eigenvalue weighted by atomic mass is 19.2. The molecule has 1 saturated heterocycles. The molecule has 1 N–H and O–H groups in total. The van der Waals surface area contributed by atoms with E-state index in [0.717, 1.165) is 44.5 Å². The molecule has 0 aliphatic carbocycles. The van der Waals surface area contributed by atoms with Gasteiger partial charge in [-0.15, -0.1) is 0 Å². The Morgan fingerprint density at radius 3 is 2.79 bits per heavy atom. The van der Waals surface area contributed by atoms with E-state index in [4.69, 9.17) is 4.74 Å². The van der Waals surface area contributed by atoms with Crippen molar-refractivity contribution in [3.05, 3.63) is 35.4 Å². The lowest BCUT2D eigenvalue weighted by Crippen LogP contribution is -2.42. The Morgan fingerprint density at radius 2 is 2.16 bits per heavy atom. The van der Waals surface area contributed by atoms with Gasteiger partial charge in [0, 0.05) is 18.6 Å². The zero-order valence-corrected chi connectivity index (χ0v) is 11.3. The van der Waals surface area contributed by atoms with Crippen LogP contribution in [0.3, 0.4) is 0 Å². The fraction of sp³-hybridized carbons (Fsp3) is 0.600. The Labute approximate surface area is 113 Å². The standard InChI is InChI=1S/C15H21F2NO/c1-2-18-10-15(6-3-7-19-11-15)9-12-4-5-13(16)14(17)8-12/h4-5,8,18H,2-3,6-7,9-11H2,1H3. The van der Waals surface area contributed by atoms with Crippen LogP contribution in [0.5, 0.6) is 0 Å². The maximum atomic E-state index is 13.3. The largest absolute Gasteiger partial charge is 0.381 e. The molecule has 1 aliphatic heterocycles. The molecule has 0 radical (unpaired) electrons. The number of benzene rings is 1. The number of ether oxygens (including phenoxy) is 1. The molecule has 1 fully saturated rings. The summed E-state index contributed by atoms with van der Waals surface area (Å²) in [5.74, 6) is -1.56. The van der Waals surface area contributed by atoms with Gasteiger partial charge in [-0.2, -0.15) is 0 Å². The SMILES string of the molecule is CCNCC1(Cc2ccc(F)c(F)c2)CCCOC1. The predicted molar refractivity (Wildman–Crippen MR) is 71.1 cm³/mol. The Hall–Kier alpha value is -1.00. The van der Waals surface area contributed by atoms with Gasteiger partial charge in [0.1, 0.15) is 0 Å². The molecule has 106 valence electrons. The van der Waals surface area contributed by atoms with Crippen molar-refractivity contribution in [1.82, 2.24) is 5.32 Å². The predicted octanol–water partition coefficient (Wildman–Crippen LogP) is 2.91. The lowest BCUT2D eigenvalue weighted by Gasteiger charge is -2.37. The van der Waals surface area contributed by atoms with Crippen molar-refractivity contribution in [2.45, 2.75) is 26.2 Å². The summed E-state index contributed by atoms with van der Waals surface area (Å²) in [7, 11) is 0. The van der Waals surface area contributed by atoms with E-state index in [1.54, 1.807) is 6.07 Å². The van der Waals surface area contributed by atoms with E-state index in [2.05, 4.69) is 12.2 Å². The minimum Gasteiger partial charge on any atom is -0.381 e. The third kappa shape index (κ3) is 3.74. The molecule has 0 amide bonds. The lowest BCUT2D eigenvalue weighted by molar-refractivity contribution is -0.00694. The summed E-state index contributed by atoms with van der Waals surface area (Å²) in [6.45, 7) is 5.29. The van der Waals surface area contributed by atoms with E-state index in [0.29, 0.717) is 6.61 Å². The van der Waals surface area contributed by atoms with E-state index in [9.17, 15) is 8.78 Å². The number of halogens is 2. The third-order valence-corrected chi connectivity index (χ3v) is 3.72. The van der Waals surface area contributed by atoms with Gasteiger partial charge >= 0.3 is 0 Å². The minimum absolute atomic E-state index is 0.00146. The molecule has 1 aliphatic rings.